The zero-order valence-corrected chi connectivity index (χ0v) is 21.1. The van der Waals surface area contributed by atoms with Gasteiger partial charge in [-0.15, -0.1) is 11.3 Å². The van der Waals surface area contributed by atoms with Gasteiger partial charge in [0.15, 0.2) is 5.13 Å². The smallest absolute Gasteiger partial charge is 0.260 e. The van der Waals surface area contributed by atoms with Crippen molar-refractivity contribution in [2.24, 2.45) is 0 Å². The van der Waals surface area contributed by atoms with Crippen molar-refractivity contribution >= 4 is 22.4 Å². The second-order valence-electron chi connectivity index (χ2n) is 9.19. The standard InChI is InChI=1S/C27H34FN3OS/c1-6-30(7-2)17-8-18-31(25(32)21-9-13-22(14-10-21)27(3,4)5)26-29-24(19-33-26)20-11-15-23(28)16-12-20/h9-16,19H,6-8,17-18H2,1-5H3. The van der Waals surface area contributed by atoms with Gasteiger partial charge in [-0.05, 0) is 73.4 Å². The van der Waals surface area contributed by atoms with Crippen LogP contribution in [0.25, 0.3) is 11.3 Å². The van der Waals surface area contributed by atoms with E-state index in [0.717, 1.165) is 37.3 Å². The van der Waals surface area contributed by atoms with Crippen LogP contribution in [0.3, 0.4) is 0 Å². The molecule has 0 bridgehead atoms. The normalized spacial score (nSPS) is 11.7. The molecular formula is C27H34FN3OS. The molecule has 1 heterocycles. The van der Waals surface area contributed by atoms with Gasteiger partial charge < -0.3 is 4.90 Å². The molecule has 0 radical (unpaired) electrons. The van der Waals surface area contributed by atoms with Crippen molar-refractivity contribution in [1.29, 1.82) is 0 Å². The van der Waals surface area contributed by atoms with E-state index < -0.39 is 0 Å². The topological polar surface area (TPSA) is 36.4 Å². The fourth-order valence-corrected chi connectivity index (χ4v) is 4.54. The third-order valence-electron chi connectivity index (χ3n) is 5.86. The molecule has 4 nitrogen and oxygen atoms in total. The van der Waals surface area contributed by atoms with Crippen LogP contribution in [0.1, 0.15) is 57.0 Å². The molecule has 0 aliphatic heterocycles. The number of thiazole rings is 1. The Morgan fingerprint density at radius 2 is 1.61 bits per heavy atom. The Balaban J connectivity index is 1.86. The molecule has 0 aliphatic rings. The molecule has 0 saturated heterocycles. The molecule has 0 unspecified atom stereocenters. The third kappa shape index (κ3) is 6.49. The number of amides is 1. The molecule has 3 aromatic rings. The predicted molar refractivity (Wildman–Crippen MR) is 137 cm³/mol. The summed E-state index contributed by atoms with van der Waals surface area (Å²) >= 11 is 1.44. The number of halogens is 1. The molecule has 0 aliphatic carbocycles. The van der Waals surface area contributed by atoms with Gasteiger partial charge in [-0.2, -0.15) is 0 Å². The molecule has 176 valence electrons. The first kappa shape index (κ1) is 25.1. The van der Waals surface area contributed by atoms with Crippen LogP contribution < -0.4 is 4.90 Å². The van der Waals surface area contributed by atoms with E-state index in [-0.39, 0.29) is 17.1 Å². The van der Waals surface area contributed by atoms with Crippen LogP contribution in [0.5, 0.6) is 0 Å². The Kier molecular flexibility index (Phi) is 8.38. The average Bonchev–Trinajstić information content (AvgIpc) is 3.29. The SMILES string of the molecule is CCN(CC)CCCN(C(=O)c1ccc(C(C)(C)C)cc1)c1nc(-c2ccc(F)cc2)cs1. The fraction of sp³-hybridized carbons (Fsp3) is 0.407. The molecule has 0 saturated carbocycles. The maximum absolute atomic E-state index is 13.5. The van der Waals surface area contributed by atoms with Crippen molar-refractivity contribution in [2.45, 2.75) is 46.5 Å². The summed E-state index contributed by atoms with van der Waals surface area (Å²) in [6.07, 6.45) is 0.860. The van der Waals surface area contributed by atoms with Gasteiger partial charge in [0, 0.05) is 23.1 Å². The Morgan fingerprint density at radius 1 is 0.970 bits per heavy atom. The summed E-state index contributed by atoms with van der Waals surface area (Å²) in [7, 11) is 0. The lowest BCUT2D eigenvalue weighted by Crippen LogP contribution is -2.34. The van der Waals surface area contributed by atoms with E-state index in [1.807, 2.05) is 29.6 Å². The zero-order chi connectivity index (χ0) is 24.0. The number of aromatic nitrogens is 1. The van der Waals surface area contributed by atoms with Gasteiger partial charge in [-0.25, -0.2) is 9.37 Å². The van der Waals surface area contributed by atoms with Crippen LogP contribution in [0, 0.1) is 5.82 Å². The van der Waals surface area contributed by atoms with Gasteiger partial charge in [0.1, 0.15) is 5.82 Å². The molecular weight excluding hydrogens is 433 g/mol. The van der Waals surface area contributed by atoms with Gasteiger partial charge in [-0.3, -0.25) is 9.69 Å². The van der Waals surface area contributed by atoms with Gasteiger partial charge in [0.05, 0.1) is 5.69 Å². The molecule has 0 spiro atoms. The minimum absolute atomic E-state index is 0.0321. The van der Waals surface area contributed by atoms with Gasteiger partial charge >= 0.3 is 0 Å². The second kappa shape index (κ2) is 11.0. The van der Waals surface area contributed by atoms with Crippen molar-refractivity contribution in [1.82, 2.24) is 9.88 Å². The van der Waals surface area contributed by atoms with Gasteiger partial charge in [0.25, 0.3) is 5.91 Å². The number of hydrogen-bond acceptors (Lipinski definition) is 4. The van der Waals surface area contributed by atoms with Crippen molar-refractivity contribution in [3.63, 3.8) is 0 Å². The number of carbonyl (C=O) groups excluding carboxylic acids is 1. The maximum Gasteiger partial charge on any atom is 0.260 e. The van der Waals surface area contributed by atoms with E-state index in [0.29, 0.717) is 17.2 Å². The minimum atomic E-state index is -0.277. The third-order valence-corrected chi connectivity index (χ3v) is 6.72. The summed E-state index contributed by atoms with van der Waals surface area (Å²) in [6, 6.07) is 14.2. The largest absolute Gasteiger partial charge is 0.304 e. The lowest BCUT2D eigenvalue weighted by atomic mass is 9.86. The molecule has 0 fully saturated rings. The van der Waals surface area contributed by atoms with Crippen LogP contribution in [0.4, 0.5) is 9.52 Å². The Hall–Kier alpha value is -2.57. The molecule has 33 heavy (non-hydrogen) atoms. The van der Waals surface area contributed by atoms with E-state index in [9.17, 15) is 9.18 Å². The molecule has 0 atom stereocenters. The Labute approximate surface area is 201 Å². The monoisotopic (exact) mass is 467 g/mol. The van der Waals surface area contributed by atoms with Gasteiger partial charge in [-0.1, -0.05) is 46.8 Å². The lowest BCUT2D eigenvalue weighted by Gasteiger charge is -2.24. The minimum Gasteiger partial charge on any atom is -0.304 e. The number of hydrogen-bond donors (Lipinski definition) is 0. The van der Waals surface area contributed by atoms with Crippen LogP contribution in [-0.4, -0.2) is 42.0 Å². The molecule has 6 heteroatoms. The van der Waals surface area contributed by atoms with Gasteiger partial charge in [0.2, 0.25) is 0 Å². The average molecular weight is 468 g/mol. The van der Waals surface area contributed by atoms with E-state index in [1.165, 1.54) is 29.0 Å². The molecule has 2 aromatic carbocycles. The van der Waals surface area contributed by atoms with Crippen molar-refractivity contribution < 1.29 is 9.18 Å². The maximum atomic E-state index is 13.5. The molecule has 1 aromatic heterocycles. The number of benzene rings is 2. The molecule has 3 rings (SSSR count). The van der Waals surface area contributed by atoms with Crippen molar-refractivity contribution in [3.05, 3.63) is 70.9 Å². The van der Waals surface area contributed by atoms with Crippen molar-refractivity contribution in [2.75, 3.05) is 31.1 Å². The lowest BCUT2D eigenvalue weighted by molar-refractivity contribution is 0.0985. The van der Waals surface area contributed by atoms with Crippen LogP contribution in [-0.2, 0) is 5.41 Å². The first-order chi connectivity index (χ1) is 15.7. The van der Waals surface area contributed by atoms with Crippen molar-refractivity contribution in [3.8, 4) is 11.3 Å². The van der Waals surface area contributed by atoms with E-state index in [2.05, 4.69) is 39.5 Å². The summed E-state index contributed by atoms with van der Waals surface area (Å²) in [5.74, 6) is -0.323. The molecule has 0 N–H and O–H groups in total. The summed E-state index contributed by atoms with van der Waals surface area (Å²) in [5, 5.41) is 2.59. The highest BCUT2D eigenvalue weighted by molar-refractivity contribution is 7.14. The van der Waals surface area contributed by atoms with Crippen LogP contribution in [0.15, 0.2) is 53.9 Å². The number of carbonyl (C=O) groups is 1. The quantitative estimate of drug-likeness (QED) is 0.355. The van der Waals surface area contributed by atoms with Crippen LogP contribution in [0.2, 0.25) is 0 Å². The second-order valence-corrected chi connectivity index (χ2v) is 10.0. The number of rotatable bonds is 9. The predicted octanol–water partition coefficient (Wildman–Crippen LogP) is 6.63. The summed E-state index contributed by atoms with van der Waals surface area (Å²) in [6.45, 7) is 14.3. The highest BCUT2D eigenvalue weighted by Gasteiger charge is 2.22. The molecule has 1 amide bonds. The summed E-state index contributed by atoms with van der Waals surface area (Å²) in [5.41, 5.74) is 3.47. The fourth-order valence-electron chi connectivity index (χ4n) is 3.69. The highest BCUT2D eigenvalue weighted by atomic mass is 32.1. The summed E-state index contributed by atoms with van der Waals surface area (Å²) in [4.78, 5) is 22.4. The zero-order valence-electron chi connectivity index (χ0n) is 20.3. The Morgan fingerprint density at radius 3 is 2.18 bits per heavy atom. The first-order valence-electron chi connectivity index (χ1n) is 11.6. The van der Waals surface area contributed by atoms with E-state index >= 15 is 0 Å². The first-order valence-corrected chi connectivity index (χ1v) is 12.5. The van der Waals surface area contributed by atoms with E-state index in [4.69, 9.17) is 4.98 Å². The number of nitrogens with zero attached hydrogens (tertiary/aromatic N) is 3. The van der Waals surface area contributed by atoms with Crippen LogP contribution >= 0.6 is 11.3 Å². The van der Waals surface area contributed by atoms with E-state index in [1.54, 1.807) is 17.0 Å². The highest BCUT2D eigenvalue weighted by Crippen LogP contribution is 2.29. The summed E-state index contributed by atoms with van der Waals surface area (Å²) < 4.78 is 13.3. The number of anilines is 1. The Bertz CT molecular complexity index is 1030.